The van der Waals surface area contributed by atoms with Crippen LogP contribution in [-0.4, -0.2) is 37.0 Å². The van der Waals surface area contributed by atoms with E-state index < -0.39 is 5.41 Å². The van der Waals surface area contributed by atoms with Crippen molar-refractivity contribution < 1.29 is 9.18 Å². The molecule has 2 fully saturated rings. The van der Waals surface area contributed by atoms with Gasteiger partial charge in [-0.05, 0) is 50.4 Å². The van der Waals surface area contributed by atoms with Crippen LogP contribution in [0.25, 0.3) is 0 Å². The first-order valence-electron chi connectivity index (χ1n) is 7.88. The molecule has 3 nitrogen and oxygen atoms in total. The fraction of sp³-hybridized carbons (Fsp3) is 0.588. The van der Waals surface area contributed by atoms with E-state index in [1.807, 2.05) is 18.0 Å². The van der Waals surface area contributed by atoms with Crippen LogP contribution in [0.5, 0.6) is 0 Å². The summed E-state index contributed by atoms with van der Waals surface area (Å²) in [6.07, 6.45) is 4.89. The van der Waals surface area contributed by atoms with Crippen molar-refractivity contribution in [2.75, 3.05) is 20.1 Å². The zero-order valence-corrected chi connectivity index (χ0v) is 12.6. The van der Waals surface area contributed by atoms with Crippen LogP contribution in [0, 0.1) is 5.82 Å². The molecule has 1 saturated heterocycles. The Bertz CT molecular complexity index is 527. The standard InChI is InChI=1S/C17H23FN2O/c1-19-15-7-3-10-20(12-15)16(21)17(8-4-9-17)13-5-2-6-14(18)11-13/h2,5-6,11,15,19H,3-4,7-10,12H2,1H3. The van der Waals surface area contributed by atoms with E-state index in [-0.39, 0.29) is 11.7 Å². The molecule has 1 aromatic rings. The lowest BCUT2D eigenvalue weighted by Crippen LogP contribution is -2.55. The molecule has 3 rings (SSSR count). The van der Waals surface area contributed by atoms with Gasteiger partial charge in [0.05, 0.1) is 5.41 Å². The molecule has 1 amide bonds. The number of hydrogen-bond donors (Lipinski definition) is 1. The van der Waals surface area contributed by atoms with Crippen LogP contribution in [0.4, 0.5) is 4.39 Å². The molecule has 1 saturated carbocycles. The number of hydrogen-bond acceptors (Lipinski definition) is 2. The first kappa shape index (κ1) is 14.5. The average Bonchev–Trinajstić information content (AvgIpc) is 2.46. The number of likely N-dealkylation sites (N-methyl/N-ethyl adjacent to an activating group) is 1. The summed E-state index contributed by atoms with van der Waals surface area (Å²) >= 11 is 0. The van der Waals surface area contributed by atoms with Crippen molar-refractivity contribution in [2.24, 2.45) is 0 Å². The summed E-state index contributed by atoms with van der Waals surface area (Å²) in [4.78, 5) is 15.0. The van der Waals surface area contributed by atoms with E-state index in [2.05, 4.69) is 5.32 Å². The van der Waals surface area contributed by atoms with E-state index in [9.17, 15) is 9.18 Å². The first-order chi connectivity index (χ1) is 10.2. The van der Waals surface area contributed by atoms with Crippen LogP contribution in [0.1, 0.15) is 37.7 Å². The Hall–Kier alpha value is -1.42. The maximum atomic E-state index is 13.5. The molecule has 1 aliphatic heterocycles. The summed E-state index contributed by atoms with van der Waals surface area (Å²) < 4.78 is 13.5. The molecule has 1 aliphatic carbocycles. The van der Waals surface area contributed by atoms with Crippen LogP contribution in [0.2, 0.25) is 0 Å². The SMILES string of the molecule is CNC1CCCN(C(=O)C2(c3cccc(F)c3)CCC2)C1. The monoisotopic (exact) mass is 290 g/mol. The number of likely N-dealkylation sites (tertiary alicyclic amines) is 1. The first-order valence-corrected chi connectivity index (χ1v) is 7.88. The van der Waals surface area contributed by atoms with Gasteiger partial charge in [0, 0.05) is 19.1 Å². The van der Waals surface area contributed by atoms with Gasteiger partial charge in [0.15, 0.2) is 0 Å². The predicted octanol–water partition coefficient (Wildman–Crippen LogP) is 2.46. The highest BCUT2D eigenvalue weighted by molar-refractivity contribution is 5.89. The van der Waals surface area contributed by atoms with Crippen LogP contribution in [0.3, 0.4) is 0 Å². The van der Waals surface area contributed by atoms with Gasteiger partial charge in [0.1, 0.15) is 5.82 Å². The van der Waals surface area contributed by atoms with Crippen molar-refractivity contribution in [1.82, 2.24) is 10.2 Å². The minimum atomic E-state index is -0.474. The summed E-state index contributed by atoms with van der Waals surface area (Å²) in [6.45, 7) is 1.60. The third-order valence-electron chi connectivity index (χ3n) is 5.11. The van der Waals surface area contributed by atoms with E-state index in [1.165, 1.54) is 12.1 Å². The molecule has 0 radical (unpaired) electrons. The number of halogens is 1. The van der Waals surface area contributed by atoms with Crippen molar-refractivity contribution in [1.29, 1.82) is 0 Å². The van der Waals surface area contributed by atoms with Crippen LogP contribution >= 0.6 is 0 Å². The van der Waals surface area contributed by atoms with Crippen molar-refractivity contribution in [3.8, 4) is 0 Å². The van der Waals surface area contributed by atoms with Gasteiger partial charge in [-0.1, -0.05) is 18.6 Å². The Kier molecular flexibility index (Phi) is 3.98. The quantitative estimate of drug-likeness (QED) is 0.927. The topological polar surface area (TPSA) is 32.3 Å². The van der Waals surface area contributed by atoms with E-state index >= 15 is 0 Å². The van der Waals surface area contributed by atoms with Crippen LogP contribution in [-0.2, 0) is 10.2 Å². The largest absolute Gasteiger partial charge is 0.340 e. The molecule has 1 N–H and O–H groups in total. The summed E-state index contributed by atoms with van der Waals surface area (Å²) in [7, 11) is 1.95. The zero-order valence-electron chi connectivity index (χ0n) is 12.6. The molecule has 1 atom stereocenters. The molecule has 2 aliphatic rings. The predicted molar refractivity (Wildman–Crippen MR) is 80.6 cm³/mol. The van der Waals surface area contributed by atoms with Crippen LogP contribution in [0.15, 0.2) is 24.3 Å². The van der Waals surface area contributed by atoms with Gasteiger partial charge in [-0.15, -0.1) is 0 Å². The highest BCUT2D eigenvalue weighted by atomic mass is 19.1. The number of rotatable bonds is 3. The van der Waals surface area contributed by atoms with E-state index in [1.54, 1.807) is 6.07 Å². The minimum Gasteiger partial charge on any atom is -0.340 e. The fourth-order valence-electron chi connectivity index (χ4n) is 3.64. The number of benzene rings is 1. The van der Waals surface area contributed by atoms with Gasteiger partial charge in [0.2, 0.25) is 5.91 Å². The third kappa shape index (κ3) is 2.57. The number of carbonyl (C=O) groups is 1. The minimum absolute atomic E-state index is 0.194. The highest BCUT2D eigenvalue weighted by Crippen LogP contribution is 2.45. The Morgan fingerprint density at radius 1 is 1.38 bits per heavy atom. The fourth-order valence-corrected chi connectivity index (χ4v) is 3.64. The molecule has 0 bridgehead atoms. The molecule has 1 heterocycles. The smallest absolute Gasteiger partial charge is 0.233 e. The second kappa shape index (κ2) is 5.76. The average molecular weight is 290 g/mol. The van der Waals surface area contributed by atoms with Gasteiger partial charge >= 0.3 is 0 Å². The number of nitrogens with zero attached hydrogens (tertiary/aromatic N) is 1. The molecule has 1 unspecified atom stereocenters. The normalized spacial score (nSPS) is 24.5. The Morgan fingerprint density at radius 2 is 2.19 bits per heavy atom. The molecular weight excluding hydrogens is 267 g/mol. The van der Waals surface area contributed by atoms with Gasteiger partial charge in [-0.25, -0.2) is 4.39 Å². The summed E-state index contributed by atoms with van der Waals surface area (Å²) in [5, 5.41) is 3.27. The van der Waals surface area contributed by atoms with E-state index in [0.717, 1.165) is 50.8 Å². The third-order valence-corrected chi connectivity index (χ3v) is 5.11. The summed E-state index contributed by atoms with van der Waals surface area (Å²) in [5.74, 6) is -0.0578. The van der Waals surface area contributed by atoms with Gasteiger partial charge in [0.25, 0.3) is 0 Å². The Balaban J connectivity index is 1.84. The zero-order chi connectivity index (χ0) is 14.9. The van der Waals surface area contributed by atoms with E-state index in [4.69, 9.17) is 0 Å². The van der Waals surface area contributed by atoms with Crippen molar-refractivity contribution in [2.45, 2.75) is 43.6 Å². The van der Waals surface area contributed by atoms with Gasteiger partial charge in [-0.2, -0.15) is 0 Å². The lowest BCUT2D eigenvalue weighted by molar-refractivity contribution is -0.142. The summed E-state index contributed by atoms with van der Waals surface area (Å²) in [5.41, 5.74) is 0.378. The maximum Gasteiger partial charge on any atom is 0.233 e. The molecule has 0 aromatic heterocycles. The van der Waals surface area contributed by atoms with Crippen LogP contribution < -0.4 is 5.32 Å². The molecule has 1 aromatic carbocycles. The van der Waals surface area contributed by atoms with Gasteiger partial charge in [-0.3, -0.25) is 4.79 Å². The lowest BCUT2D eigenvalue weighted by Gasteiger charge is -2.46. The molecule has 0 spiro atoms. The maximum absolute atomic E-state index is 13.5. The Morgan fingerprint density at radius 3 is 2.81 bits per heavy atom. The van der Waals surface area contributed by atoms with E-state index in [0.29, 0.717) is 6.04 Å². The lowest BCUT2D eigenvalue weighted by atomic mass is 9.63. The number of carbonyl (C=O) groups excluding carboxylic acids is 1. The number of nitrogens with one attached hydrogen (secondary N) is 1. The van der Waals surface area contributed by atoms with Crippen molar-refractivity contribution in [3.05, 3.63) is 35.6 Å². The molecule has 21 heavy (non-hydrogen) atoms. The number of piperidine rings is 1. The van der Waals surface area contributed by atoms with Gasteiger partial charge < -0.3 is 10.2 Å². The van der Waals surface area contributed by atoms with Crippen molar-refractivity contribution >= 4 is 5.91 Å². The second-order valence-corrected chi connectivity index (χ2v) is 6.33. The summed E-state index contributed by atoms with van der Waals surface area (Å²) in [6, 6.07) is 6.98. The molecular formula is C17H23FN2O. The number of amides is 1. The second-order valence-electron chi connectivity index (χ2n) is 6.33. The molecule has 114 valence electrons. The molecule has 4 heteroatoms. The Labute approximate surface area is 125 Å². The highest BCUT2D eigenvalue weighted by Gasteiger charge is 2.48. The van der Waals surface area contributed by atoms with Crippen molar-refractivity contribution in [3.63, 3.8) is 0 Å².